The lowest BCUT2D eigenvalue weighted by Gasteiger charge is -2.41. The molecule has 0 spiro atoms. The Labute approximate surface area is 167 Å². The molecule has 0 saturated carbocycles. The Morgan fingerprint density at radius 2 is 0.909 bits per heavy atom. The maximum atomic E-state index is 6.41. The van der Waals surface area contributed by atoms with Crippen LogP contribution in [0.3, 0.4) is 0 Å². The molecule has 0 amide bonds. The van der Waals surface area contributed by atoms with Gasteiger partial charge in [0.05, 0.1) is 0 Å². The van der Waals surface area contributed by atoms with E-state index in [1.807, 2.05) is 6.55 Å². The summed E-state index contributed by atoms with van der Waals surface area (Å²) < 4.78 is 12.8. The van der Waals surface area contributed by atoms with Gasteiger partial charge in [-0.25, -0.2) is 0 Å². The summed E-state index contributed by atoms with van der Waals surface area (Å²) in [7, 11) is -6.31. The summed E-state index contributed by atoms with van der Waals surface area (Å²) in [5.41, 5.74) is 0. The monoisotopic (exact) mass is 514 g/mol. The molecule has 2 nitrogen and oxygen atoms in total. The van der Waals surface area contributed by atoms with Crippen LogP contribution in [0.15, 0.2) is 0 Å². The van der Waals surface area contributed by atoms with Crippen LogP contribution in [-0.2, 0) is 8.23 Å². The minimum atomic E-state index is -3.19. The first-order chi connectivity index (χ1) is 9.25. The quantitative estimate of drug-likeness (QED) is 0.256. The fourth-order valence-corrected chi connectivity index (χ4v) is 37.6. The Kier molecular flexibility index (Phi) is 9.20. The summed E-state index contributed by atoms with van der Waals surface area (Å²) in [4.78, 5) is 0. The average molecular weight is 517 g/mol. The highest BCUT2D eigenvalue weighted by atomic mass is 35.8. The lowest BCUT2D eigenvalue weighted by Crippen LogP contribution is -2.55. The van der Waals surface area contributed by atoms with E-state index in [0.717, 1.165) is 0 Å². The molecule has 0 aromatic rings. The number of rotatable bonds is 8. The fourth-order valence-electron chi connectivity index (χ4n) is 2.19. The molecule has 0 aromatic heterocycles. The molecule has 0 atom stereocenters. The molecule has 0 N–H and O–H groups in total. The van der Waals surface area contributed by atoms with Crippen LogP contribution in [-0.4, -0.2) is 37.2 Å². The summed E-state index contributed by atoms with van der Waals surface area (Å²) in [5, 5.41) is -0.542. The van der Waals surface area contributed by atoms with E-state index in [9.17, 15) is 0 Å². The van der Waals surface area contributed by atoms with Crippen LogP contribution < -0.4 is 0 Å². The van der Waals surface area contributed by atoms with Gasteiger partial charge in [-0.2, -0.15) is 0 Å². The van der Waals surface area contributed by atoms with Gasteiger partial charge in [0, 0.05) is 5.16 Å². The van der Waals surface area contributed by atoms with Gasteiger partial charge in [-0.05, 0) is 51.9 Å². The second-order valence-corrected chi connectivity index (χ2v) is 38.5. The summed E-state index contributed by atoms with van der Waals surface area (Å²) in [5.74, 6) is 0. The van der Waals surface area contributed by atoms with Gasteiger partial charge in [0.1, 0.15) is 0 Å². The highest BCUT2D eigenvalue weighted by Crippen LogP contribution is 2.51. The lowest BCUT2D eigenvalue weighted by atomic mass is 10.9. The van der Waals surface area contributed by atoms with Crippen LogP contribution in [0.2, 0.25) is 57.0 Å². The van der Waals surface area contributed by atoms with Gasteiger partial charge in [0.2, 0.25) is 0 Å². The lowest BCUT2D eigenvalue weighted by molar-refractivity contribution is 0.385. The van der Waals surface area contributed by atoms with Gasteiger partial charge in [0.25, 0.3) is 0 Å². The van der Waals surface area contributed by atoms with E-state index in [1.54, 1.807) is 0 Å². The third-order valence-electron chi connectivity index (χ3n) is 2.41. The molecule has 0 heterocycles. The zero-order valence-corrected chi connectivity index (χ0v) is 23.4. The molecule has 0 saturated heterocycles. The Morgan fingerprint density at radius 1 is 0.636 bits per heavy atom. The van der Waals surface area contributed by atoms with Crippen molar-refractivity contribution in [2.45, 2.75) is 57.0 Å². The molecule has 0 bridgehead atoms. The van der Waals surface area contributed by atoms with Crippen LogP contribution in [0.4, 0.5) is 0 Å². The van der Waals surface area contributed by atoms with E-state index < -0.39 is 42.4 Å². The van der Waals surface area contributed by atoms with Gasteiger partial charge >= 0.3 is 20.6 Å². The highest BCUT2D eigenvalue weighted by molar-refractivity contribution is 7.76. The normalized spacial score (nSPS) is 15.5. The first-order valence-electron chi connectivity index (χ1n) is 6.79. The van der Waals surface area contributed by atoms with E-state index >= 15 is 0 Å². The van der Waals surface area contributed by atoms with Crippen LogP contribution >= 0.6 is 66.5 Å². The van der Waals surface area contributed by atoms with Crippen molar-refractivity contribution in [3.05, 3.63) is 0 Å². The second-order valence-electron chi connectivity index (χ2n) is 7.40. The summed E-state index contributed by atoms with van der Waals surface area (Å²) in [6.07, 6.45) is 0. The van der Waals surface area contributed by atoms with Gasteiger partial charge in [-0.1, -0.05) is 0 Å². The van der Waals surface area contributed by atoms with Gasteiger partial charge in [-0.3, -0.25) is 0 Å². The zero-order chi connectivity index (χ0) is 18.2. The molecule has 0 rings (SSSR count). The minimum Gasteiger partial charge on any atom is -0.437 e. The van der Waals surface area contributed by atoms with Crippen molar-refractivity contribution in [3.8, 4) is 0 Å². The van der Waals surface area contributed by atoms with Crippen molar-refractivity contribution in [1.82, 2.24) is 0 Å². The highest BCUT2D eigenvalue weighted by Gasteiger charge is 2.56. The Bertz CT molecular complexity index is 343. The maximum Gasteiger partial charge on any atom is 0.345 e. The smallest absolute Gasteiger partial charge is 0.345 e. The van der Waals surface area contributed by atoms with Crippen LogP contribution in [0.1, 0.15) is 0 Å². The predicted octanol–water partition coefficient (Wildman–Crippen LogP) is 6.98. The van der Waals surface area contributed by atoms with Crippen molar-refractivity contribution in [3.63, 3.8) is 0 Å². The van der Waals surface area contributed by atoms with E-state index in [-0.39, 0.29) is 0 Å². The molecule has 0 fully saturated rings. The first kappa shape index (κ1) is 24.7. The SMILES string of the molecule is C[Si](C)(C)O[Si](C)(CC([Si](Cl)(Cl)Cl)[Si](Cl)(Cl)Cl)O[Si](C)(C)C. The number of hydrogen-bond acceptors (Lipinski definition) is 2. The van der Waals surface area contributed by atoms with Gasteiger partial charge in [0.15, 0.2) is 16.6 Å². The van der Waals surface area contributed by atoms with E-state index in [0.29, 0.717) is 6.04 Å². The summed E-state index contributed by atoms with van der Waals surface area (Å²) in [6.45, 7) is 14.7. The van der Waals surface area contributed by atoms with Crippen molar-refractivity contribution in [2.75, 3.05) is 0 Å². The molecule has 0 radical (unpaired) electrons. The Hall–Kier alpha value is 2.74. The largest absolute Gasteiger partial charge is 0.437 e. The molecule has 0 aromatic carbocycles. The Balaban J connectivity index is 5.60. The third kappa shape index (κ3) is 10.7. The van der Waals surface area contributed by atoms with Gasteiger partial charge < -0.3 is 8.23 Å². The Morgan fingerprint density at radius 3 is 1.09 bits per heavy atom. The molecular weight excluding hydrogens is 493 g/mol. The van der Waals surface area contributed by atoms with Crippen LogP contribution in [0.25, 0.3) is 0 Å². The second kappa shape index (κ2) is 8.18. The zero-order valence-electron chi connectivity index (χ0n) is 13.9. The fraction of sp³-hybridized carbons (Fsp3) is 1.00. The van der Waals surface area contributed by atoms with Crippen molar-refractivity contribution >= 4 is 104 Å². The molecule has 22 heavy (non-hydrogen) atoms. The average Bonchev–Trinajstić information content (AvgIpc) is 2.03. The first-order valence-corrected chi connectivity index (χ1v) is 26.4. The molecule has 13 heteroatoms. The predicted molar refractivity (Wildman–Crippen MR) is 116 cm³/mol. The topological polar surface area (TPSA) is 18.5 Å². The van der Waals surface area contributed by atoms with Crippen LogP contribution in [0, 0.1) is 0 Å². The number of halogens is 6. The summed E-state index contributed by atoms with van der Waals surface area (Å²) >= 11 is 37.3. The van der Waals surface area contributed by atoms with Gasteiger partial charge in [-0.15, -0.1) is 66.5 Å². The van der Waals surface area contributed by atoms with E-state index in [4.69, 9.17) is 74.7 Å². The van der Waals surface area contributed by atoms with Crippen molar-refractivity contribution in [2.24, 2.45) is 0 Å². The molecule has 0 unspecified atom stereocenters. The molecule has 0 aliphatic heterocycles. The molecular formula is C9H24Cl6O2Si5. The molecule has 0 aliphatic rings. The summed E-state index contributed by atoms with van der Waals surface area (Å²) in [6, 6.07) is -5.97. The van der Waals surface area contributed by atoms with E-state index in [2.05, 4.69) is 39.3 Å². The molecule has 134 valence electrons. The van der Waals surface area contributed by atoms with Crippen LogP contribution in [0.5, 0.6) is 0 Å². The minimum absolute atomic E-state index is 0.424. The third-order valence-corrected chi connectivity index (χ3v) is 25.4. The molecule has 0 aliphatic carbocycles. The van der Waals surface area contributed by atoms with E-state index in [1.165, 1.54) is 0 Å². The number of hydrogen-bond donors (Lipinski definition) is 0. The maximum absolute atomic E-state index is 6.41. The van der Waals surface area contributed by atoms with Crippen molar-refractivity contribution in [1.29, 1.82) is 0 Å². The standard InChI is InChI=1S/C9H24Cl6O2Si5/c1-18(2,3)16-20(7,17-19(4,5)6)8-9(21(10,11)12)22(13,14)15/h9H,8H2,1-7H3. The van der Waals surface area contributed by atoms with Crippen molar-refractivity contribution < 1.29 is 8.23 Å².